The lowest BCUT2D eigenvalue weighted by atomic mass is 10.0. The fourth-order valence-corrected chi connectivity index (χ4v) is 2.68. The van der Waals surface area contributed by atoms with Crippen molar-refractivity contribution in [3.8, 4) is 5.75 Å². The summed E-state index contributed by atoms with van der Waals surface area (Å²) in [5, 5.41) is 3.26. The lowest BCUT2D eigenvalue weighted by Gasteiger charge is -2.33. The first-order chi connectivity index (χ1) is 9.60. The first-order valence-electron chi connectivity index (χ1n) is 6.98. The van der Waals surface area contributed by atoms with Gasteiger partial charge in [-0.15, -0.1) is 0 Å². The molecule has 1 unspecified atom stereocenters. The number of hydrogen-bond donors (Lipinski definition) is 1. The van der Waals surface area contributed by atoms with Crippen LogP contribution >= 0.6 is 15.9 Å². The zero-order valence-electron chi connectivity index (χ0n) is 11.9. The number of carbonyl (C=O) groups excluding carboxylic acids is 1. The summed E-state index contributed by atoms with van der Waals surface area (Å²) >= 11 is 3.38. The maximum absolute atomic E-state index is 12.3. The van der Waals surface area contributed by atoms with E-state index in [9.17, 15) is 4.79 Å². The summed E-state index contributed by atoms with van der Waals surface area (Å²) in [4.78, 5) is 14.2. The van der Waals surface area contributed by atoms with Gasteiger partial charge in [0.25, 0.3) is 5.91 Å². The second kappa shape index (κ2) is 7.09. The van der Waals surface area contributed by atoms with Crippen LogP contribution in [0, 0.1) is 0 Å². The van der Waals surface area contributed by atoms with Gasteiger partial charge in [-0.1, -0.05) is 15.9 Å². The topological polar surface area (TPSA) is 41.6 Å². The minimum Gasteiger partial charge on any atom is -0.481 e. The summed E-state index contributed by atoms with van der Waals surface area (Å²) in [5.41, 5.74) is 0. The average molecular weight is 341 g/mol. The Balaban J connectivity index is 1.87. The molecule has 1 amide bonds. The van der Waals surface area contributed by atoms with E-state index in [0.717, 1.165) is 36.2 Å². The van der Waals surface area contributed by atoms with E-state index >= 15 is 0 Å². The predicted octanol–water partition coefficient (Wildman–Crippen LogP) is 2.43. The molecule has 1 aromatic carbocycles. The van der Waals surface area contributed by atoms with Gasteiger partial charge in [-0.2, -0.15) is 0 Å². The predicted molar refractivity (Wildman–Crippen MR) is 82.9 cm³/mol. The molecule has 2 rings (SSSR count). The van der Waals surface area contributed by atoms with Crippen molar-refractivity contribution in [1.29, 1.82) is 0 Å². The van der Waals surface area contributed by atoms with Crippen molar-refractivity contribution < 1.29 is 9.53 Å². The average Bonchev–Trinajstić information content (AvgIpc) is 2.49. The Labute approximate surface area is 128 Å². The number of amides is 1. The van der Waals surface area contributed by atoms with Crippen molar-refractivity contribution in [3.63, 3.8) is 0 Å². The van der Waals surface area contributed by atoms with Crippen LogP contribution in [0.5, 0.6) is 5.75 Å². The lowest BCUT2D eigenvalue weighted by Crippen LogP contribution is -2.48. The standard InChI is InChI=1S/C15H21BrN2O2/c1-11(20-14-5-3-12(16)4-6-14)15(19)18-9-7-13(17-2)8-10-18/h3-6,11,13,17H,7-10H2,1-2H3. The van der Waals surface area contributed by atoms with Gasteiger partial charge >= 0.3 is 0 Å². The number of hydrogen-bond acceptors (Lipinski definition) is 3. The highest BCUT2D eigenvalue weighted by atomic mass is 79.9. The van der Waals surface area contributed by atoms with E-state index in [1.54, 1.807) is 0 Å². The third-order valence-electron chi connectivity index (χ3n) is 3.69. The molecular weight excluding hydrogens is 320 g/mol. The highest BCUT2D eigenvalue weighted by molar-refractivity contribution is 9.10. The number of carbonyl (C=O) groups is 1. The zero-order valence-corrected chi connectivity index (χ0v) is 13.5. The number of rotatable bonds is 4. The normalized spacial score (nSPS) is 17.9. The molecule has 0 bridgehead atoms. The molecule has 1 N–H and O–H groups in total. The van der Waals surface area contributed by atoms with E-state index < -0.39 is 6.10 Å². The van der Waals surface area contributed by atoms with Gasteiger partial charge in [-0.3, -0.25) is 4.79 Å². The summed E-state index contributed by atoms with van der Waals surface area (Å²) in [6.45, 7) is 3.42. The number of piperidine rings is 1. The van der Waals surface area contributed by atoms with Crippen LogP contribution in [0.2, 0.25) is 0 Å². The highest BCUT2D eigenvalue weighted by Crippen LogP contribution is 2.18. The molecule has 20 heavy (non-hydrogen) atoms. The Morgan fingerprint density at radius 2 is 1.95 bits per heavy atom. The van der Waals surface area contributed by atoms with Gasteiger partial charge in [0.05, 0.1) is 0 Å². The van der Waals surface area contributed by atoms with Crippen LogP contribution in [0.4, 0.5) is 0 Å². The van der Waals surface area contributed by atoms with E-state index in [1.165, 1.54) is 0 Å². The van der Waals surface area contributed by atoms with Crippen LogP contribution < -0.4 is 10.1 Å². The number of likely N-dealkylation sites (tertiary alicyclic amines) is 1. The third-order valence-corrected chi connectivity index (χ3v) is 4.22. The molecule has 0 saturated carbocycles. The first-order valence-corrected chi connectivity index (χ1v) is 7.77. The molecule has 110 valence electrons. The van der Waals surface area contributed by atoms with E-state index in [-0.39, 0.29) is 5.91 Å². The SMILES string of the molecule is CNC1CCN(C(=O)C(C)Oc2ccc(Br)cc2)CC1. The molecule has 0 aliphatic carbocycles. The number of nitrogens with one attached hydrogen (secondary N) is 1. The summed E-state index contributed by atoms with van der Waals surface area (Å²) < 4.78 is 6.71. The van der Waals surface area contributed by atoms with Gasteiger partial charge in [-0.05, 0) is 51.1 Å². The number of nitrogens with zero attached hydrogens (tertiary/aromatic N) is 1. The van der Waals surface area contributed by atoms with E-state index in [2.05, 4.69) is 21.2 Å². The molecule has 0 radical (unpaired) electrons. The van der Waals surface area contributed by atoms with Crippen LogP contribution in [0.25, 0.3) is 0 Å². The largest absolute Gasteiger partial charge is 0.481 e. The Bertz CT molecular complexity index is 442. The molecule has 1 heterocycles. The van der Waals surface area contributed by atoms with Crippen LogP contribution in [-0.2, 0) is 4.79 Å². The Kier molecular flexibility index (Phi) is 5.43. The number of benzene rings is 1. The fraction of sp³-hybridized carbons (Fsp3) is 0.533. The smallest absolute Gasteiger partial charge is 0.263 e. The van der Waals surface area contributed by atoms with Crippen LogP contribution in [0.1, 0.15) is 19.8 Å². The summed E-state index contributed by atoms with van der Waals surface area (Å²) in [6.07, 6.45) is 1.57. The van der Waals surface area contributed by atoms with E-state index in [4.69, 9.17) is 4.74 Å². The molecule has 1 aromatic rings. The molecule has 0 aromatic heterocycles. The van der Waals surface area contributed by atoms with Crippen molar-refractivity contribution in [1.82, 2.24) is 10.2 Å². The maximum atomic E-state index is 12.3. The zero-order chi connectivity index (χ0) is 14.5. The third kappa shape index (κ3) is 3.96. The van der Waals surface area contributed by atoms with Crippen molar-refractivity contribution in [3.05, 3.63) is 28.7 Å². The molecule has 1 aliphatic heterocycles. The minimum absolute atomic E-state index is 0.0717. The quantitative estimate of drug-likeness (QED) is 0.915. The molecule has 1 aliphatic rings. The molecule has 1 saturated heterocycles. The van der Waals surface area contributed by atoms with Crippen LogP contribution in [-0.4, -0.2) is 43.1 Å². The fourth-order valence-electron chi connectivity index (χ4n) is 2.41. The van der Waals surface area contributed by atoms with Gasteiger partial charge in [0.1, 0.15) is 5.75 Å². The monoisotopic (exact) mass is 340 g/mol. The molecule has 1 atom stereocenters. The van der Waals surface area contributed by atoms with Gasteiger partial charge in [0.2, 0.25) is 0 Å². The second-order valence-electron chi connectivity index (χ2n) is 5.10. The Morgan fingerprint density at radius 1 is 1.35 bits per heavy atom. The van der Waals surface area contributed by atoms with E-state index in [1.807, 2.05) is 43.1 Å². The Morgan fingerprint density at radius 3 is 2.50 bits per heavy atom. The number of halogens is 1. The molecule has 4 nitrogen and oxygen atoms in total. The first kappa shape index (κ1) is 15.3. The van der Waals surface area contributed by atoms with Gasteiger partial charge in [0, 0.05) is 23.6 Å². The van der Waals surface area contributed by atoms with E-state index in [0.29, 0.717) is 6.04 Å². The summed E-state index contributed by atoms with van der Waals surface area (Å²) in [5.74, 6) is 0.793. The van der Waals surface area contributed by atoms with Crippen molar-refractivity contribution in [2.24, 2.45) is 0 Å². The summed E-state index contributed by atoms with van der Waals surface area (Å²) in [7, 11) is 1.97. The Hall–Kier alpha value is -1.07. The van der Waals surface area contributed by atoms with Gasteiger partial charge in [0.15, 0.2) is 6.10 Å². The van der Waals surface area contributed by atoms with Crippen molar-refractivity contribution in [2.75, 3.05) is 20.1 Å². The van der Waals surface area contributed by atoms with Crippen LogP contribution in [0.3, 0.4) is 0 Å². The molecule has 1 fully saturated rings. The maximum Gasteiger partial charge on any atom is 0.263 e. The molecule has 0 spiro atoms. The summed E-state index contributed by atoms with van der Waals surface area (Å²) in [6, 6.07) is 8.07. The second-order valence-corrected chi connectivity index (χ2v) is 6.02. The van der Waals surface area contributed by atoms with Gasteiger partial charge < -0.3 is 15.0 Å². The number of ether oxygens (including phenoxy) is 1. The molecule has 5 heteroatoms. The lowest BCUT2D eigenvalue weighted by molar-refractivity contribution is -0.139. The minimum atomic E-state index is -0.442. The van der Waals surface area contributed by atoms with Crippen molar-refractivity contribution >= 4 is 21.8 Å². The molecular formula is C15H21BrN2O2. The van der Waals surface area contributed by atoms with Crippen molar-refractivity contribution in [2.45, 2.75) is 31.9 Å². The highest BCUT2D eigenvalue weighted by Gasteiger charge is 2.26. The van der Waals surface area contributed by atoms with Gasteiger partial charge in [-0.25, -0.2) is 0 Å². The van der Waals surface area contributed by atoms with Crippen LogP contribution in [0.15, 0.2) is 28.7 Å².